The van der Waals surface area contributed by atoms with Crippen molar-refractivity contribution in [2.45, 2.75) is 31.5 Å². The molecule has 1 fully saturated rings. The SMILES string of the molecule is O=COC1CCC(O)C1. The Balaban J connectivity index is 2.21. The molecular formula is C6H10O3. The molecule has 0 aliphatic heterocycles. The van der Waals surface area contributed by atoms with Crippen LogP contribution in [0.1, 0.15) is 19.3 Å². The van der Waals surface area contributed by atoms with Crippen molar-refractivity contribution >= 4 is 6.47 Å². The van der Waals surface area contributed by atoms with Gasteiger partial charge in [-0.2, -0.15) is 0 Å². The molecule has 0 aromatic rings. The second-order valence-electron chi connectivity index (χ2n) is 2.32. The van der Waals surface area contributed by atoms with E-state index in [-0.39, 0.29) is 12.2 Å². The van der Waals surface area contributed by atoms with E-state index in [1.165, 1.54) is 0 Å². The van der Waals surface area contributed by atoms with Crippen LogP contribution in [0.2, 0.25) is 0 Å². The van der Waals surface area contributed by atoms with Crippen LogP contribution in [0.3, 0.4) is 0 Å². The summed E-state index contributed by atoms with van der Waals surface area (Å²) in [4.78, 5) is 9.76. The highest BCUT2D eigenvalue weighted by Crippen LogP contribution is 2.20. The number of aliphatic hydroxyl groups excluding tert-OH is 1. The monoisotopic (exact) mass is 130 g/mol. The summed E-state index contributed by atoms with van der Waals surface area (Å²) in [6.07, 6.45) is 1.89. The van der Waals surface area contributed by atoms with Crippen LogP contribution in [-0.4, -0.2) is 23.8 Å². The van der Waals surface area contributed by atoms with Gasteiger partial charge in [-0.05, 0) is 12.8 Å². The predicted octanol–water partition coefficient (Wildman–Crippen LogP) is 0.0728. The number of carbonyl (C=O) groups is 1. The summed E-state index contributed by atoms with van der Waals surface area (Å²) >= 11 is 0. The highest BCUT2D eigenvalue weighted by atomic mass is 16.5. The van der Waals surface area contributed by atoms with E-state index in [1.807, 2.05) is 0 Å². The Morgan fingerprint density at radius 2 is 2.33 bits per heavy atom. The maximum atomic E-state index is 9.76. The first kappa shape index (κ1) is 6.55. The molecule has 2 atom stereocenters. The van der Waals surface area contributed by atoms with Crippen LogP contribution in [0.4, 0.5) is 0 Å². The zero-order valence-corrected chi connectivity index (χ0v) is 5.12. The fraction of sp³-hybridized carbons (Fsp3) is 0.833. The molecule has 0 amide bonds. The third-order valence-corrected chi connectivity index (χ3v) is 1.60. The Labute approximate surface area is 53.6 Å². The zero-order chi connectivity index (χ0) is 6.69. The van der Waals surface area contributed by atoms with E-state index in [0.717, 1.165) is 12.8 Å². The van der Waals surface area contributed by atoms with Crippen molar-refractivity contribution in [1.29, 1.82) is 0 Å². The highest BCUT2D eigenvalue weighted by Gasteiger charge is 2.23. The van der Waals surface area contributed by atoms with E-state index in [9.17, 15) is 4.79 Å². The summed E-state index contributed by atoms with van der Waals surface area (Å²) < 4.78 is 4.63. The van der Waals surface area contributed by atoms with Crippen LogP contribution >= 0.6 is 0 Å². The Kier molecular flexibility index (Phi) is 2.05. The number of rotatable bonds is 2. The molecule has 1 aliphatic carbocycles. The molecule has 0 spiro atoms. The number of hydrogen-bond acceptors (Lipinski definition) is 3. The molecule has 3 heteroatoms. The van der Waals surface area contributed by atoms with Crippen LogP contribution < -0.4 is 0 Å². The van der Waals surface area contributed by atoms with Crippen molar-refractivity contribution in [2.24, 2.45) is 0 Å². The molecule has 0 aromatic carbocycles. The Hall–Kier alpha value is -0.570. The standard InChI is InChI=1S/C6H10O3/c7-4-9-6-2-1-5(8)3-6/h4-6,8H,1-3H2. The Morgan fingerprint density at radius 1 is 1.56 bits per heavy atom. The molecule has 2 unspecified atom stereocenters. The smallest absolute Gasteiger partial charge is 0.293 e. The molecule has 1 saturated carbocycles. The number of ether oxygens (including phenoxy) is 1. The third-order valence-electron chi connectivity index (χ3n) is 1.60. The summed E-state index contributed by atoms with van der Waals surface area (Å²) in [7, 11) is 0. The van der Waals surface area contributed by atoms with E-state index in [4.69, 9.17) is 5.11 Å². The van der Waals surface area contributed by atoms with Gasteiger partial charge in [-0.1, -0.05) is 0 Å². The molecule has 1 rings (SSSR count). The summed E-state index contributed by atoms with van der Waals surface area (Å²) in [6.45, 7) is 0.447. The van der Waals surface area contributed by atoms with Crippen molar-refractivity contribution in [2.75, 3.05) is 0 Å². The van der Waals surface area contributed by atoms with Crippen molar-refractivity contribution in [1.82, 2.24) is 0 Å². The van der Waals surface area contributed by atoms with Gasteiger partial charge in [0.15, 0.2) is 0 Å². The van der Waals surface area contributed by atoms with Crippen LogP contribution in [0.5, 0.6) is 0 Å². The lowest BCUT2D eigenvalue weighted by Crippen LogP contribution is -2.08. The molecule has 3 nitrogen and oxygen atoms in total. The lowest BCUT2D eigenvalue weighted by Gasteiger charge is -2.04. The van der Waals surface area contributed by atoms with Crippen molar-refractivity contribution in [3.8, 4) is 0 Å². The van der Waals surface area contributed by atoms with Gasteiger partial charge in [-0.15, -0.1) is 0 Å². The van der Waals surface area contributed by atoms with Gasteiger partial charge in [0.25, 0.3) is 6.47 Å². The third kappa shape index (κ3) is 1.68. The molecular weight excluding hydrogens is 120 g/mol. The highest BCUT2D eigenvalue weighted by molar-refractivity contribution is 5.37. The van der Waals surface area contributed by atoms with Crippen molar-refractivity contribution < 1.29 is 14.6 Å². The van der Waals surface area contributed by atoms with Crippen LogP contribution in [-0.2, 0) is 9.53 Å². The minimum absolute atomic E-state index is 0.0301. The average Bonchev–Trinajstić information content (AvgIpc) is 2.17. The minimum Gasteiger partial charge on any atom is -0.464 e. The number of aliphatic hydroxyl groups is 1. The summed E-state index contributed by atoms with van der Waals surface area (Å²) in [5.41, 5.74) is 0. The van der Waals surface area contributed by atoms with Crippen molar-refractivity contribution in [3.63, 3.8) is 0 Å². The zero-order valence-electron chi connectivity index (χ0n) is 5.12. The average molecular weight is 130 g/mol. The van der Waals surface area contributed by atoms with E-state index in [1.54, 1.807) is 0 Å². The van der Waals surface area contributed by atoms with Gasteiger partial charge in [0.1, 0.15) is 6.10 Å². The number of hydrogen-bond donors (Lipinski definition) is 1. The lowest BCUT2D eigenvalue weighted by molar-refractivity contribution is -0.133. The molecule has 0 aromatic heterocycles. The predicted molar refractivity (Wildman–Crippen MR) is 30.8 cm³/mol. The van der Waals surface area contributed by atoms with E-state index >= 15 is 0 Å². The van der Waals surface area contributed by atoms with Crippen LogP contribution in [0.15, 0.2) is 0 Å². The summed E-state index contributed by atoms with van der Waals surface area (Å²) in [5.74, 6) is 0. The number of carbonyl (C=O) groups excluding carboxylic acids is 1. The van der Waals surface area contributed by atoms with E-state index in [2.05, 4.69) is 4.74 Å². The molecule has 1 aliphatic rings. The molecule has 52 valence electrons. The quantitative estimate of drug-likeness (QED) is 0.538. The molecule has 0 saturated heterocycles. The Morgan fingerprint density at radius 3 is 2.78 bits per heavy atom. The maximum Gasteiger partial charge on any atom is 0.293 e. The van der Waals surface area contributed by atoms with Crippen LogP contribution in [0, 0.1) is 0 Å². The first-order valence-electron chi connectivity index (χ1n) is 3.10. The maximum absolute atomic E-state index is 9.76. The molecule has 0 radical (unpaired) electrons. The Bertz CT molecular complexity index is 102. The van der Waals surface area contributed by atoms with Gasteiger partial charge in [-0.25, -0.2) is 0 Å². The van der Waals surface area contributed by atoms with Gasteiger partial charge in [0.2, 0.25) is 0 Å². The van der Waals surface area contributed by atoms with Gasteiger partial charge in [-0.3, -0.25) is 4.79 Å². The summed E-state index contributed by atoms with van der Waals surface area (Å²) in [6, 6.07) is 0. The van der Waals surface area contributed by atoms with Gasteiger partial charge >= 0.3 is 0 Å². The van der Waals surface area contributed by atoms with E-state index < -0.39 is 0 Å². The minimum atomic E-state index is -0.255. The summed E-state index contributed by atoms with van der Waals surface area (Å²) in [5, 5.41) is 8.93. The molecule has 9 heavy (non-hydrogen) atoms. The largest absolute Gasteiger partial charge is 0.464 e. The first-order chi connectivity index (χ1) is 4.33. The fourth-order valence-electron chi connectivity index (χ4n) is 1.12. The first-order valence-corrected chi connectivity index (χ1v) is 3.10. The van der Waals surface area contributed by atoms with Crippen molar-refractivity contribution in [3.05, 3.63) is 0 Å². The topological polar surface area (TPSA) is 46.5 Å². The van der Waals surface area contributed by atoms with Gasteiger partial charge in [0, 0.05) is 6.42 Å². The lowest BCUT2D eigenvalue weighted by atomic mass is 10.3. The van der Waals surface area contributed by atoms with Crippen LogP contribution in [0.25, 0.3) is 0 Å². The molecule has 1 N–H and O–H groups in total. The second kappa shape index (κ2) is 2.82. The fourth-order valence-corrected chi connectivity index (χ4v) is 1.12. The normalized spacial score (nSPS) is 34.3. The van der Waals surface area contributed by atoms with Gasteiger partial charge in [0.05, 0.1) is 6.10 Å². The molecule has 0 heterocycles. The van der Waals surface area contributed by atoms with Gasteiger partial charge < -0.3 is 9.84 Å². The molecule has 0 bridgehead atoms. The second-order valence-corrected chi connectivity index (χ2v) is 2.32. The van der Waals surface area contributed by atoms with E-state index in [0.29, 0.717) is 12.9 Å².